The molecule has 45 heavy (non-hydrogen) atoms. The van der Waals surface area contributed by atoms with Crippen molar-refractivity contribution in [1.29, 1.82) is 0 Å². The third kappa shape index (κ3) is 6.80. The zero-order valence-corrected chi connectivity index (χ0v) is 27.2. The molecule has 3 N–H and O–H groups in total. The molecule has 2 aromatic heterocycles. The second kappa shape index (κ2) is 12.6. The van der Waals surface area contributed by atoms with Crippen LogP contribution < -0.4 is 35.6 Å². The summed E-state index contributed by atoms with van der Waals surface area (Å²) < 4.78 is 5.52. The Morgan fingerprint density at radius 1 is 0.711 bits per heavy atom. The second-order valence-corrected chi connectivity index (χ2v) is 14.1. The molecule has 244 valence electrons. The Labute approximate surface area is 267 Å². The summed E-state index contributed by atoms with van der Waals surface area (Å²) in [4.78, 5) is 33.4. The van der Waals surface area contributed by atoms with Gasteiger partial charge < -0.3 is 45.2 Å². The van der Waals surface area contributed by atoms with E-state index >= 15 is 0 Å². The summed E-state index contributed by atoms with van der Waals surface area (Å²) >= 11 is 0. The molecule has 12 nitrogen and oxygen atoms in total. The van der Waals surface area contributed by atoms with Crippen molar-refractivity contribution in [1.82, 2.24) is 20.2 Å². The van der Waals surface area contributed by atoms with Gasteiger partial charge in [0.15, 0.2) is 11.6 Å². The number of aromatic nitrogens is 2. The maximum Gasteiger partial charge on any atom is 0.410 e. The van der Waals surface area contributed by atoms with Crippen molar-refractivity contribution >= 4 is 40.7 Å². The lowest BCUT2D eigenvalue weighted by molar-refractivity contribution is 0.0263. The van der Waals surface area contributed by atoms with Gasteiger partial charge in [-0.1, -0.05) is 0 Å². The Morgan fingerprint density at radius 2 is 1.31 bits per heavy atom. The first-order valence-electron chi connectivity index (χ1n) is 17.0. The van der Waals surface area contributed by atoms with Crippen LogP contribution in [0.15, 0.2) is 24.3 Å². The molecule has 1 amide bonds. The summed E-state index contributed by atoms with van der Waals surface area (Å²) in [6, 6.07) is 9.85. The van der Waals surface area contributed by atoms with Crippen LogP contribution in [-0.4, -0.2) is 117 Å². The van der Waals surface area contributed by atoms with E-state index in [2.05, 4.69) is 59.8 Å². The second-order valence-electron chi connectivity index (χ2n) is 14.1. The van der Waals surface area contributed by atoms with Crippen LogP contribution in [-0.2, 0) is 4.74 Å². The van der Waals surface area contributed by atoms with Crippen LogP contribution in [0.25, 0.3) is 0 Å². The number of nitrogens with one attached hydrogen (secondary N) is 3. The highest BCUT2D eigenvalue weighted by Gasteiger charge is 2.32. The lowest BCUT2D eigenvalue weighted by Crippen LogP contribution is -2.39. The highest BCUT2D eigenvalue weighted by molar-refractivity contribution is 5.74. The van der Waals surface area contributed by atoms with Crippen molar-refractivity contribution < 1.29 is 9.53 Å². The highest BCUT2D eigenvalue weighted by Crippen LogP contribution is 2.37. The molecule has 0 radical (unpaired) electrons. The number of carbonyl (C=O) groups is 1. The van der Waals surface area contributed by atoms with Crippen LogP contribution in [0.1, 0.15) is 46.5 Å². The minimum Gasteiger partial charge on any atom is -0.444 e. The van der Waals surface area contributed by atoms with Gasteiger partial charge in [0.25, 0.3) is 0 Å². The third-order valence-corrected chi connectivity index (χ3v) is 9.59. The smallest absolute Gasteiger partial charge is 0.410 e. The lowest BCUT2D eigenvalue weighted by atomic mass is 10.2. The number of ether oxygens (including phenoxy) is 1. The number of pyridine rings is 2. The molecule has 2 aromatic rings. The third-order valence-electron chi connectivity index (χ3n) is 9.59. The summed E-state index contributed by atoms with van der Waals surface area (Å²) in [5.41, 5.74) is 2.04. The molecule has 6 aliphatic rings. The molecule has 0 spiro atoms. The molecule has 4 bridgehead atoms. The maximum atomic E-state index is 12.3. The van der Waals surface area contributed by atoms with Crippen molar-refractivity contribution in [3.8, 4) is 0 Å². The monoisotopic (exact) mass is 618 g/mol. The topological polar surface area (TPSA) is 104 Å². The predicted molar refractivity (Wildman–Crippen MR) is 181 cm³/mol. The molecular formula is C33H50N10O2. The number of amides is 1. The Morgan fingerprint density at radius 3 is 1.93 bits per heavy atom. The van der Waals surface area contributed by atoms with Crippen molar-refractivity contribution in [2.24, 2.45) is 0 Å². The molecule has 0 aromatic carbocycles. The summed E-state index contributed by atoms with van der Waals surface area (Å²) in [6.07, 6.45) is 4.31. The Hall–Kier alpha value is -3.67. The summed E-state index contributed by atoms with van der Waals surface area (Å²) in [5.74, 6) is 4.20. The van der Waals surface area contributed by atoms with E-state index in [-0.39, 0.29) is 6.09 Å². The number of rotatable bonds is 2. The first-order chi connectivity index (χ1) is 21.8. The van der Waals surface area contributed by atoms with Crippen LogP contribution in [0, 0.1) is 0 Å². The van der Waals surface area contributed by atoms with E-state index in [1.807, 2.05) is 25.7 Å². The molecule has 4 fully saturated rings. The van der Waals surface area contributed by atoms with Crippen molar-refractivity contribution in [2.75, 3.05) is 109 Å². The van der Waals surface area contributed by atoms with E-state index in [1.54, 1.807) is 0 Å². The van der Waals surface area contributed by atoms with Gasteiger partial charge in [0.1, 0.15) is 17.2 Å². The number of carbonyl (C=O) groups excluding carboxylic acids is 1. The Kier molecular flexibility index (Phi) is 8.41. The lowest BCUT2D eigenvalue weighted by Gasteiger charge is -2.30. The molecule has 12 heteroatoms. The number of hydrogen-bond acceptors (Lipinski definition) is 11. The van der Waals surface area contributed by atoms with E-state index in [0.29, 0.717) is 18.6 Å². The highest BCUT2D eigenvalue weighted by atomic mass is 16.6. The summed E-state index contributed by atoms with van der Waals surface area (Å²) in [7, 11) is 0. The molecule has 0 aliphatic carbocycles. The van der Waals surface area contributed by atoms with Gasteiger partial charge in [-0.15, -0.1) is 0 Å². The molecule has 2 atom stereocenters. The van der Waals surface area contributed by atoms with E-state index in [4.69, 9.17) is 14.7 Å². The summed E-state index contributed by atoms with van der Waals surface area (Å²) in [5, 5.41) is 10.6. The van der Waals surface area contributed by atoms with Crippen LogP contribution in [0.3, 0.4) is 0 Å². The van der Waals surface area contributed by atoms with Gasteiger partial charge >= 0.3 is 6.09 Å². The molecule has 0 saturated carbocycles. The fourth-order valence-corrected chi connectivity index (χ4v) is 7.27. The van der Waals surface area contributed by atoms with Crippen LogP contribution in [0.2, 0.25) is 0 Å². The fraction of sp³-hybridized carbons (Fsp3) is 0.667. The van der Waals surface area contributed by atoms with Gasteiger partial charge in [0.2, 0.25) is 0 Å². The summed E-state index contributed by atoms with van der Waals surface area (Å²) in [6.45, 7) is 17.6. The average Bonchev–Trinajstić information content (AvgIpc) is 3.34. The number of anilines is 6. The number of fused-ring (bicyclic) bond motifs is 8. The van der Waals surface area contributed by atoms with Crippen LogP contribution >= 0.6 is 0 Å². The SMILES string of the molecule is CC(C)(C)OC(=O)N1CCCN(c2ccc3c(n2)N[C@H]2CCN3C2)CC1.c1cc2c(nc1N1CCCNCC1)N[C@H]1CCN2C1. The molecule has 8 heterocycles. The Balaban J connectivity index is 0.000000151. The minimum absolute atomic E-state index is 0.219. The van der Waals surface area contributed by atoms with Gasteiger partial charge in [0, 0.05) is 84.1 Å². The minimum atomic E-state index is -0.455. The van der Waals surface area contributed by atoms with Crippen LogP contribution in [0.4, 0.5) is 39.4 Å². The van der Waals surface area contributed by atoms with Crippen molar-refractivity contribution in [3.63, 3.8) is 0 Å². The largest absolute Gasteiger partial charge is 0.444 e. The van der Waals surface area contributed by atoms with E-state index in [1.165, 1.54) is 37.2 Å². The molecular weight excluding hydrogens is 568 g/mol. The van der Waals surface area contributed by atoms with Crippen molar-refractivity contribution in [2.45, 2.75) is 64.1 Å². The predicted octanol–water partition coefficient (Wildman–Crippen LogP) is 3.42. The van der Waals surface area contributed by atoms with Crippen LogP contribution in [0.5, 0.6) is 0 Å². The van der Waals surface area contributed by atoms with E-state index < -0.39 is 5.60 Å². The van der Waals surface area contributed by atoms with E-state index in [0.717, 1.165) is 95.1 Å². The van der Waals surface area contributed by atoms with Gasteiger partial charge in [-0.25, -0.2) is 14.8 Å². The van der Waals surface area contributed by atoms with E-state index in [9.17, 15) is 4.79 Å². The van der Waals surface area contributed by atoms with Gasteiger partial charge in [-0.05, 0) is 77.3 Å². The number of nitrogens with zero attached hydrogens (tertiary/aromatic N) is 7. The Bertz CT molecular complexity index is 1360. The molecule has 0 unspecified atom stereocenters. The molecule has 6 aliphatic heterocycles. The normalized spacial score (nSPS) is 23.9. The van der Waals surface area contributed by atoms with Gasteiger partial charge in [-0.2, -0.15) is 0 Å². The fourth-order valence-electron chi connectivity index (χ4n) is 7.27. The van der Waals surface area contributed by atoms with Crippen molar-refractivity contribution in [3.05, 3.63) is 24.3 Å². The molecule has 4 saturated heterocycles. The average molecular weight is 619 g/mol. The zero-order chi connectivity index (χ0) is 31.0. The maximum absolute atomic E-state index is 12.3. The van der Waals surface area contributed by atoms with Gasteiger partial charge in [0.05, 0.1) is 11.4 Å². The zero-order valence-electron chi connectivity index (χ0n) is 27.2. The quantitative estimate of drug-likeness (QED) is 0.461. The molecule has 8 rings (SSSR count). The first-order valence-corrected chi connectivity index (χ1v) is 17.0. The van der Waals surface area contributed by atoms with Gasteiger partial charge in [-0.3, -0.25) is 0 Å². The first kappa shape index (κ1) is 30.0. The number of hydrogen-bond donors (Lipinski definition) is 3. The standard InChI is InChI=1S/C19H29N5O2.C14H21N5/c1-19(2,3)26-18(25)23-9-4-8-22(11-12-23)16-6-5-15-17(21-16)20-14-7-10-24(15)13-14;1-5-15-6-9-18(7-1)13-3-2-12-14(17-13)16-11-4-8-19(12)10-11/h5-6,14H,4,7-13H2,1-3H3,(H,20,21);2-3,11,15H,1,4-10H2,(H,16,17)/t14-;11-/m00/s1.